The largest absolute Gasteiger partial charge is 0.465 e. The first-order valence-electron chi connectivity index (χ1n) is 4.59. The highest BCUT2D eigenvalue weighted by Gasteiger charge is 2.22. The second kappa shape index (κ2) is 7.19. The Kier molecular flexibility index (Phi) is 7.12. The van der Waals surface area contributed by atoms with Crippen molar-refractivity contribution in [3.05, 3.63) is 0 Å². The molecule has 0 N–H and O–H groups in total. The van der Waals surface area contributed by atoms with Crippen LogP contribution in [0.15, 0.2) is 0 Å². The van der Waals surface area contributed by atoms with E-state index < -0.39 is 21.7 Å². The van der Waals surface area contributed by atoms with Gasteiger partial charge in [-0.25, -0.2) is 12.7 Å². The Labute approximate surface area is 99.0 Å². The van der Waals surface area contributed by atoms with Crippen LogP contribution in [0.25, 0.3) is 0 Å². The highest BCUT2D eigenvalue weighted by atomic mass is 79.9. The number of hydrogen-bond donors (Lipinski definition) is 0. The zero-order chi connectivity index (χ0) is 11.9. The topological polar surface area (TPSA) is 63.7 Å². The maximum Gasteiger partial charge on any atom is 0.322 e. The molecule has 0 aromatic carbocycles. The Bertz CT molecular complexity index is 291. The maximum atomic E-state index is 11.5. The fourth-order valence-corrected chi connectivity index (χ4v) is 2.14. The van der Waals surface area contributed by atoms with Crippen molar-refractivity contribution < 1.29 is 17.9 Å². The molecule has 0 heterocycles. The standard InChI is InChI=1S/C8H16BrNO4S/c1-3-14-8(11)7-15(12,13)10(2)6-4-5-9/h3-7H2,1-2H3. The van der Waals surface area contributed by atoms with Crippen LogP contribution in [0.2, 0.25) is 0 Å². The Morgan fingerprint density at radius 1 is 1.47 bits per heavy atom. The summed E-state index contributed by atoms with van der Waals surface area (Å²) in [5.41, 5.74) is 0. The molecule has 0 aliphatic rings. The molecule has 0 fully saturated rings. The molecule has 0 unspecified atom stereocenters. The fourth-order valence-electron chi connectivity index (χ4n) is 0.883. The molecule has 0 aromatic rings. The lowest BCUT2D eigenvalue weighted by atomic mass is 10.5. The van der Waals surface area contributed by atoms with E-state index in [1.807, 2.05) is 0 Å². The van der Waals surface area contributed by atoms with Crippen LogP contribution < -0.4 is 0 Å². The molecule has 0 aromatic heterocycles. The number of alkyl halides is 1. The van der Waals surface area contributed by atoms with Crippen molar-refractivity contribution in [3.63, 3.8) is 0 Å². The van der Waals surface area contributed by atoms with Gasteiger partial charge in [-0.15, -0.1) is 0 Å². The normalized spacial score (nSPS) is 11.7. The predicted octanol–water partition coefficient (Wildman–Crippen LogP) is 0.596. The lowest BCUT2D eigenvalue weighted by Crippen LogP contribution is -2.33. The van der Waals surface area contributed by atoms with Gasteiger partial charge in [0.2, 0.25) is 10.0 Å². The van der Waals surface area contributed by atoms with Gasteiger partial charge in [0.25, 0.3) is 0 Å². The van der Waals surface area contributed by atoms with E-state index >= 15 is 0 Å². The fraction of sp³-hybridized carbons (Fsp3) is 0.875. The van der Waals surface area contributed by atoms with Crippen molar-refractivity contribution in [1.29, 1.82) is 0 Å². The number of hydrogen-bond acceptors (Lipinski definition) is 4. The Hall–Kier alpha value is -0.140. The van der Waals surface area contributed by atoms with Gasteiger partial charge < -0.3 is 4.74 Å². The molecule has 0 radical (unpaired) electrons. The van der Waals surface area contributed by atoms with Gasteiger partial charge in [0.05, 0.1) is 6.61 Å². The molecule has 0 aliphatic carbocycles. The number of nitrogens with zero attached hydrogens (tertiary/aromatic N) is 1. The molecule has 0 aliphatic heterocycles. The summed E-state index contributed by atoms with van der Waals surface area (Å²) in [7, 11) is -2.06. The minimum Gasteiger partial charge on any atom is -0.465 e. The summed E-state index contributed by atoms with van der Waals surface area (Å²) in [5, 5.41) is 0.728. The SMILES string of the molecule is CCOC(=O)CS(=O)(=O)N(C)CCCBr. The molecule has 0 spiro atoms. The molecule has 90 valence electrons. The number of sulfonamides is 1. The maximum absolute atomic E-state index is 11.5. The average Bonchev–Trinajstić information content (AvgIpc) is 2.13. The summed E-state index contributed by atoms with van der Waals surface area (Å²) in [5.74, 6) is -1.29. The monoisotopic (exact) mass is 301 g/mol. The molecule has 15 heavy (non-hydrogen) atoms. The molecule has 5 nitrogen and oxygen atoms in total. The number of esters is 1. The predicted molar refractivity (Wildman–Crippen MR) is 61.5 cm³/mol. The third-order valence-electron chi connectivity index (χ3n) is 1.69. The van der Waals surface area contributed by atoms with E-state index in [9.17, 15) is 13.2 Å². The third-order valence-corrected chi connectivity index (χ3v) is 3.98. The first kappa shape index (κ1) is 14.9. The van der Waals surface area contributed by atoms with Gasteiger partial charge in [-0.1, -0.05) is 15.9 Å². The minimum absolute atomic E-state index is 0.194. The van der Waals surface area contributed by atoms with Crippen LogP contribution in [-0.4, -0.2) is 50.0 Å². The first-order chi connectivity index (χ1) is 6.94. The average molecular weight is 302 g/mol. The first-order valence-corrected chi connectivity index (χ1v) is 7.32. The van der Waals surface area contributed by atoms with Crippen LogP contribution in [0.4, 0.5) is 0 Å². The van der Waals surface area contributed by atoms with Crippen molar-refractivity contribution in [2.45, 2.75) is 13.3 Å². The quantitative estimate of drug-likeness (QED) is 0.510. The number of ether oxygens (including phenoxy) is 1. The lowest BCUT2D eigenvalue weighted by molar-refractivity contribution is -0.140. The summed E-state index contributed by atoms with van der Waals surface area (Å²) in [6, 6.07) is 0. The van der Waals surface area contributed by atoms with Gasteiger partial charge >= 0.3 is 5.97 Å². The van der Waals surface area contributed by atoms with Crippen LogP contribution >= 0.6 is 15.9 Å². The number of carbonyl (C=O) groups is 1. The Balaban J connectivity index is 4.22. The van der Waals surface area contributed by atoms with E-state index in [1.54, 1.807) is 6.92 Å². The zero-order valence-electron chi connectivity index (χ0n) is 8.90. The van der Waals surface area contributed by atoms with Gasteiger partial charge in [-0.05, 0) is 13.3 Å². The summed E-state index contributed by atoms with van der Waals surface area (Å²) >= 11 is 3.21. The smallest absolute Gasteiger partial charge is 0.322 e. The van der Waals surface area contributed by atoms with Crippen LogP contribution in [0.3, 0.4) is 0 Å². The minimum atomic E-state index is -3.52. The molecule has 0 amide bonds. The highest BCUT2D eigenvalue weighted by Crippen LogP contribution is 2.01. The lowest BCUT2D eigenvalue weighted by Gasteiger charge is -2.15. The molecule has 0 saturated heterocycles. The van der Waals surface area contributed by atoms with Gasteiger partial charge in [0, 0.05) is 18.9 Å². The van der Waals surface area contributed by atoms with E-state index in [0.29, 0.717) is 13.0 Å². The van der Waals surface area contributed by atoms with Crippen LogP contribution in [0.1, 0.15) is 13.3 Å². The van der Waals surface area contributed by atoms with Crippen molar-refractivity contribution in [2.24, 2.45) is 0 Å². The van der Waals surface area contributed by atoms with E-state index in [0.717, 1.165) is 5.33 Å². The summed E-state index contributed by atoms with van der Waals surface area (Å²) < 4.78 is 28.8. The van der Waals surface area contributed by atoms with E-state index in [1.165, 1.54) is 11.4 Å². The highest BCUT2D eigenvalue weighted by molar-refractivity contribution is 9.09. The van der Waals surface area contributed by atoms with Crippen molar-refractivity contribution >= 4 is 31.9 Å². The molecular formula is C8H16BrNO4S. The zero-order valence-corrected chi connectivity index (χ0v) is 11.3. The van der Waals surface area contributed by atoms with Crippen LogP contribution in [0, 0.1) is 0 Å². The second-order valence-corrected chi connectivity index (χ2v) is 5.79. The summed E-state index contributed by atoms with van der Waals surface area (Å²) in [6.07, 6.45) is 0.707. The number of rotatable bonds is 7. The van der Waals surface area contributed by atoms with Gasteiger partial charge in [-0.3, -0.25) is 4.79 Å². The third kappa shape index (κ3) is 6.11. The van der Waals surface area contributed by atoms with E-state index in [-0.39, 0.29) is 6.61 Å². The molecule has 0 saturated carbocycles. The molecule has 0 bridgehead atoms. The van der Waals surface area contributed by atoms with E-state index in [2.05, 4.69) is 20.7 Å². The Morgan fingerprint density at radius 3 is 2.53 bits per heavy atom. The number of carbonyl (C=O) groups excluding carboxylic acids is 1. The van der Waals surface area contributed by atoms with Crippen LogP contribution in [0.5, 0.6) is 0 Å². The second-order valence-electron chi connectivity index (χ2n) is 2.93. The number of halogens is 1. The van der Waals surface area contributed by atoms with Crippen molar-refractivity contribution in [1.82, 2.24) is 4.31 Å². The Morgan fingerprint density at radius 2 is 2.07 bits per heavy atom. The van der Waals surface area contributed by atoms with Crippen molar-refractivity contribution in [2.75, 3.05) is 31.3 Å². The van der Waals surface area contributed by atoms with Gasteiger partial charge in [-0.2, -0.15) is 0 Å². The van der Waals surface area contributed by atoms with Crippen LogP contribution in [-0.2, 0) is 19.6 Å². The van der Waals surface area contributed by atoms with Gasteiger partial charge in [0.1, 0.15) is 0 Å². The molecule has 0 atom stereocenters. The molecular weight excluding hydrogens is 286 g/mol. The summed E-state index contributed by atoms with van der Waals surface area (Å²) in [4.78, 5) is 11.0. The molecule has 7 heteroatoms. The van der Waals surface area contributed by atoms with Gasteiger partial charge in [0.15, 0.2) is 5.75 Å². The van der Waals surface area contributed by atoms with Crippen molar-refractivity contribution in [3.8, 4) is 0 Å². The molecule has 0 rings (SSSR count). The van der Waals surface area contributed by atoms with E-state index in [4.69, 9.17) is 0 Å². The summed E-state index contributed by atoms with van der Waals surface area (Å²) in [6.45, 7) is 2.23.